The van der Waals surface area contributed by atoms with Gasteiger partial charge in [0, 0.05) is 32.1 Å². The number of imidazole rings is 1. The molecule has 1 atom stereocenters. The number of methoxy groups -OCH3 is 1. The Morgan fingerprint density at radius 3 is 2.21 bits per heavy atom. The van der Waals surface area contributed by atoms with E-state index in [0.29, 0.717) is 33.2 Å². The third kappa shape index (κ3) is 9.91. The summed E-state index contributed by atoms with van der Waals surface area (Å²) in [4.78, 5) is 8.25. The van der Waals surface area contributed by atoms with Crippen LogP contribution in [0.2, 0.25) is 20.1 Å². The van der Waals surface area contributed by atoms with Crippen molar-refractivity contribution in [3.63, 3.8) is 0 Å². The van der Waals surface area contributed by atoms with E-state index in [2.05, 4.69) is 33.8 Å². The summed E-state index contributed by atoms with van der Waals surface area (Å²) in [6, 6.07) is 19.0. The highest BCUT2D eigenvalue weighted by Crippen LogP contribution is 2.31. The van der Waals surface area contributed by atoms with Crippen LogP contribution in [0.5, 0.6) is 5.75 Å². The van der Waals surface area contributed by atoms with Crippen LogP contribution in [-0.2, 0) is 30.9 Å². The van der Waals surface area contributed by atoms with E-state index in [0.717, 1.165) is 29.8 Å². The fourth-order valence-electron chi connectivity index (χ4n) is 3.75. The van der Waals surface area contributed by atoms with Crippen molar-refractivity contribution in [2.75, 3.05) is 7.11 Å². The van der Waals surface area contributed by atoms with Gasteiger partial charge in [-0.2, -0.15) is 0 Å². The van der Waals surface area contributed by atoms with Crippen LogP contribution in [0.1, 0.15) is 22.8 Å². The van der Waals surface area contributed by atoms with Gasteiger partial charge < -0.3 is 24.8 Å². The lowest BCUT2D eigenvalue weighted by Gasteiger charge is -2.19. The highest BCUT2D eigenvalue weighted by atomic mass is 35.5. The zero-order chi connectivity index (χ0) is 28.4. The third-order valence-corrected chi connectivity index (χ3v) is 6.85. The van der Waals surface area contributed by atoms with Gasteiger partial charge in [0.05, 0.1) is 25.3 Å². The van der Waals surface area contributed by atoms with Crippen LogP contribution < -0.4 is 9.30 Å². The van der Waals surface area contributed by atoms with Crippen LogP contribution in [0, 0.1) is 15.3 Å². The minimum absolute atomic E-state index is 0.311. The predicted molar refractivity (Wildman–Crippen MR) is 152 cm³/mol. The smallest absolute Gasteiger partial charge is 0.243 e. The van der Waals surface area contributed by atoms with Crippen molar-refractivity contribution in [3.8, 4) is 5.75 Å². The summed E-state index contributed by atoms with van der Waals surface area (Å²) in [6.45, 7) is 1.74. The number of benzene rings is 3. The number of rotatable bonds is 10. The summed E-state index contributed by atoms with van der Waals surface area (Å²) in [6.07, 6.45) is 6.76. The zero-order valence-corrected chi connectivity index (χ0v) is 23.8. The minimum atomic E-state index is -1.75. The number of hydrogen-bond acceptors (Lipinski definition) is 5. The van der Waals surface area contributed by atoms with Crippen LogP contribution in [0.25, 0.3) is 0 Å². The van der Waals surface area contributed by atoms with Crippen molar-refractivity contribution in [3.05, 3.63) is 131 Å². The number of ether oxygens (including phenoxy) is 2. The van der Waals surface area contributed by atoms with Crippen molar-refractivity contribution in [1.82, 2.24) is 4.57 Å². The lowest BCUT2D eigenvalue weighted by molar-refractivity contribution is -0.704. The first-order valence-electron chi connectivity index (χ1n) is 11.6. The molecular formula is C27H25Cl4N3O5. The standard InChI is InChI=1S/C27H25Cl4N2O2.NO3/c1-34-23-7-2-19(3-8-23)10-11-32-12-13-33(18-32)16-27(24-9-6-22(29)15-26(24)31)35-17-20-4-5-21(28)14-25(20)30;2-1(3)4/h2-9,12-15,18,27H,10-11,16-17H2,1H3;/q+1;-1. The Kier molecular flexibility index (Phi) is 11.7. The van der Waals surface area contributed by atoms with E-state index in [1.165, 1.54) is 5.56 Å². The highest BCUT2D eigenvalue weighted by Gasteiger charge is 2.20. The molecule has 8 nitrogen and oxygen atoms in total. The van der Waals surface area contributed by atoms with E-state index < -0.39 is 5.09 Å². The number of nitrogens with zero attached hydrogens (tertiary/aromatic N) is 3. The first kappa shape index (κ1) is 30.5. The summed E-state index contributed by atoms with van der Waals surface area (Å²) in [5, 5.41) is 17.0. The van der Waals surface area contributed by atoms with E-state index in [9.17, 15) is 0 Å². The maximum absolute atomic E-state index is 8.25. The Labute approximate surface area is 245 Å². The quantitative estimate of drug-likeness (QED) is 0.106. The lowest BCUT2D eigenvalue weighted by Crippen LogP contribution is -2.35. The van der Waals surface area contributed by atoms with Crippen molar-refractivity contribution in [2.45, 2.75) is 32.2 Å². The molecule has 4 rings (SSSR count). The molecule has 0 amide bonds. The number of aryl methyl sites for hydroxylation is 2. The average Bonchev–Trinajstić information content (AvgIpc) is 3.33. The first-order chi connectivity index (χ1) is 18.6. The van der Waals surface area contributed by atoms with E-state index in [1.54, 1.807) is 25.3 Å². The fraction of sp³-hybridized carbons (Fsp3) is 0.222. The summed E-state index contributed by atoms with van der Waals surface area (Å²) < 4.78 is 15.8. The summed E-state index contributed by atoms with van der Waals surface area (Å²) in [5.41, 5.74) is 2.97. The minimum Gasteiger partial charge on any atom is -0.497 e. The Morgan fingerprint density at radius 2 is 1.59 bits per heavy atom. The Hall–Kier alpha value is -3.01. The van der Waals surface area contributed by atoms with Gasteiger partial charge in [0.2, 0.25) is 6.33 Å². The second-order valence-corrected chi connectivity index (χ2v) is 10.1. The molecule has 0 aliphatic heterocycles. The van der Waals surface area contributed by atoms with Gasteiger partial charge in [0.25, 0.3) is 0 Å². The Balaban J connectivity index is 0.000000983. The molecule has 1 aromatic heterocycles. The van der Waals surface area contributed by atoms with Crippen LogP contribution in [0.4, 0.5) is 0 Å². The van der Waals surface area contributed by atoms with Gasteiger partial charge in [-0.25, -0.2) is 9.13 Å². The lowest BCUT2D eigenvalue weighted by atomic mass is 10.1. The second kappa shape index (κ2) is 15.0. The first-order valence-corrected chi connectivity index (χ1v) is 13.2. The van der Waals surface area contributed by atoms with Gasteiger partial charge in [-0.3, -0.25) is 0 Å². The molecule has 0 aliphatic carbocycles. The molecule has 1 unspecified atom stereocenters. The van der Waals surface area contributed by atoms with E-state index >= 15 is 0 Å². The molecule has 0 saturated carbocycles. The molecule has 3 aromatic carbocycles. The molecular weight excluding hydrogens is 588 g/mol. The maximum atomic E-state index is 8.25. The largest absolute Gasteiger partial charge is 0.497 e. The van der Waals surface area contributed by atoms with Crippen molar-refractivity contribution < 1.29 is 19.1 Å². The SMILES string of the molecule is COc1ccc(CCn2cc[n+](CC(OCc3ccc(Cl)cc3Cl)c3ccc(Cl)cc3Cl)c2)cc1.O=[N+]([O-])[O-]. The molecule has 206 valence electrons. The van der Waals surface area contributed by atoms with Gasteiger partial charge >= 0.3 is 0 Å². The van der Waals surface area contributed by atoms with E-state index in [-0.39, 0.29) is 6.10 Å². The molecule has 4 aromatic rings. The van der Waals surface area contributed by atoms with Crippen LogP contribution in [0.3, 0.4) is 0 Å². The van der Waals surface area contributed by atoms with Crippen LogP contribution in [0.15, 0.2) is 79.4 Å². The highest BCUT2D eigenvalue weighted by molar-refractivity contribution is 6.35. The second-order valence-electron chi connectivity index (χ2n) is 8.37. The predicted octanol–water partition coefficient (Wildman–Crippen LogP) is 7.36. The van der Waals surface area contributed by atoms with Crippen molar-refractivity contribution in [1.29, 1.82) is 0 Å². The van der Waals surface area contributed by atoms with E-state index in [1.807, 2.05) is 36.5 Å². The molecule has 0 N–H and O–H groups in total. The molecule has 12 heteroatoms. The molecule has 0 spiro atoms. The molecule has 39 heavy (non-hydrogen) atoms. The molecule has 0 aliphatic rings. The number of halogens is 4. The van der Waals surface area contributed by atoms with Gasteiger partial charge in [0.15, 0.2) is 0 Å². The average molecular weight is 613 g/mol. The Bertz CT molecular complexity index is 1380. The summed E-state index contributed by atoms with van der Waals surface area (Å²) in [7, 11) is 1.67. The third-order valence-electron chi connectivity index (χ3n) is 5.71. The topological polar surface area (TPSA) is 93.5 Å². The molecule has 0 fully saturated rings. The normalized spacial score (nSPS) is 11.4. The molecule has 0 saturated heterocycles. The van der Waals surface area contributed by atoms with Crippen LogP contribution >= 0.6 is 46.4 Å². The van der Waals surface area contributed by atoms with Gasteiger partial charge in [-0.05, 0) is 47.5 Å². The molecule has 0 radical (unpaired) electrons. The number of hydrogen-bond donors (Lipinski definition) is 0. The maximum Gasteiger partial charge on any atom is 0.243 e. The van der Waals surface area contributed by atoms with Gasteiger partial charge in [-0.15, -0.1) is 0 Å². The van der Waals surface area contributed by atoms with Crippen molar-refractivity contribution in [2.24, 2.45) is 0 Å². The van der Waals surface area contributed by atoms with Gasteiger partial charge in [-0.1, -0.05) is 70.7 Å². The molecule has 1 heterocycles. The van der Waals surface area contributed by atoms with Gasteiger partial charge in [0.1, 0.15) is 30.8 Å². The van der Waals surface area contributed by atoms with Crippen LogP contribution in [-0.4, -0.2) is 16.8 Å². The number of aromatic nitrogens is 2. The van der Waals surface area contributed by atoms with E-state index in [4.69, 9.17) is 71.2 Å². The molecule has 0 bridgehead atoms. The Morgan fingerprint density at radius 1 is 0.949 bits per heavy atom. The summed E-state index contributed by atoms with van der Waals surface area (Å²) in [5.74, 6) is 0.861. The fourth-order valence-corrected chi connectivity index (χ4v) is 4.75. The summed E-state index contributed by atoms with van der Waals surface area (Å²) >= 11 is 25.0. The zero-order valence-electron chi connectivity index (χ0n) is 20.8. The van der Waals surface area contributed by atoms with Crippen molar-refractivity contribution >= 4 is 46.4 Å². The monoisotopic (exact) mass is 611 g/mol.